The van der Waals surface area contributed by atoms with E-state index in [1.165, 1.54) is 49.8 Å². The lowest BCUT2D eigenvalue weighted by atomic mass is 10.0. The van der Waals surface area contributed by atoms with Crippen LogP contribution in [0, 0.1) is 13.8 Å². The summed E-state index contributed by atoms with van der Waals surface area (Å²) in [5.74, 6) is 0. The minimum absolute atomic E-state index is 0.524. The number of fused-ring (bicyclic) bond motifs is 1. The van der Waals surface area contributed by atoms with E-state index in [4.69, 9.17) is 4.74 Å². The number of hydrogen-bond acceptors (Lipinski definition) is 5. The van der Waals surface area contributed by atoms with Gasteiger partial charge in [-0.25, -0.2) is 9.52 Å². The van der Waals surface area contributed by atoms with Crippen LogP contribution in [0.15, 0.2) is 6.07 Å². The molecule has 0 atom stereocenters. The molecule has 1 aliphatic rings. The summed E-state index contributed by atoms with van der Waals surface area (Å²) in [7, 11) is -4.10. The molecular formula is C23H39N3O4S. The largest absolute Gasteiger partial charge is 0.443 e. The lowest BCUT2D eigenvalue weighted by Crippen LogP contribution is -2.39. The van der Waals surface area contributed by atoms with Gasteiger partial charge < -0.3 is 9.64 Å². The number of carbonyl (C=O) groups is 1. The fourth-order valence-corrected chi connectivity index (χ4v) is 4.90. The lowest BCUT2D eigenvalue weighted by molar-refractivity contribution is 0.0570. The summed E-state index contributed by atoms with van der Waals surface area (Å²) in [6, 6.07) is 2.05. The van der Waals surface area contributed by atoms with Gasteiger partial charge in [-0.1, -0.05) is 39.0 Å². The highest BCUT2D eigenvalue weighted by Crippen LogP contribution is 2.37. The van der Waals surface area contributed by atoms with Gasteiger partial charge in [0.15, 0.2) is 0 Å². The molecule has 176 valence electrons. The van der Waals surface area contributed by atoms with Crippen LogP contribution in [0.2, 0.25) is 0 Å². The topological polar surface area (TPSA) is 87.7 Å². The highest BCUT2D eigenvalue weighted by atomic mass is 32.2. The van der Waals surface area contributed by atoms with Crippen molar-refractivity contribution < 1.29 is 17.9 Å². The number of unbranched alkanes of at least 4 members (excludes halogenated alkanes) is 5. The maximum absolute atomic E-state index is 12.5. The molecule has 7 nitrogen and oxygen atoms in total. The Labute approximate surface area is 188 Å². The molecule has 0 bridgehead atoms. The molecule has 8 heteroatoms. The Morgan fingerprint density at radius 3 is 2.42 bits per heavy atom. The minimum Gasteiger partial charge on any atom is -0.443 e. The van der Waals surface area contributed by atoms with Crippen molar-refractivity contribution in [2.24, 2.45) is 0 Å². The third-order valence-electron chi connectivity index (χ3n) is 5.49. The van der Waals surface area contributed by atoms with Crippen molar-refractivity contribution in [2.75, 3.05) is 22.7 Å². The van der Waals surface area contributed by atoms with Crippen LogP contribution in [0.3, 0.4) is 0 Å². The van der Waals surface area contributed by atoms with Gasteiger partial charge >= 0.3 is 16.3 Å². The summed E-state index contributed by atoms with van der Waals surface area (Å²) < 4.78 is 34.5. The number of hydrogen-bond donors (Lipinski definition) is 2. The van der Waals surface area contributed by atoms with Crippen molar-refractivity contribution in [1.82, 2.24) is 4.72 Å². The molecule has 0 radical (unpaired) electrons. The monoisotopic (exact) mass is 453 g/mol. The van der Waals surface area contributed by atoms with E-state index in [9.17, 15) is 13.2 Å². The van der Waals surface area contributed by atoms with Gasteiger partial charge in [-0.15, -0.1) is 0 Å². The first-order chi connectivity index (χ1) is 14.4. The molecule has 31 heavy (non-hydrogen) atoms. The number of amides is 1. The summed E-state index contributed by atoms with van der Waals surface area (Å²) >= 11 is 0. The van der Waals surface area contributed by atoms with Crippen molar-refractivity contribution in [3.63, 3.8) is 0 Å². The van der Waals surface area contributed by atoms with Crippen molar-refractivity contribution in [3.05, 3.63) is 22.8 Å². The van der Waals surface area contributed by atoms with E-state index in [1.807, 2.05) is 18.6 Å². The standard InChI is InChI=1S/C23H39N3O4S/c1-7-8-9-10-11-12-14-26-15-13-19-18(3)21(17(2)16-20(19)26)24-31(28,29)25-22(27)30-23(4,5)6/h16,24H,7-15H2,1-6H3,(H,25,27). The zero-order valence-electron chi connectivity index (χ0n) is 19.9. The fourth-order valence-electron chi connectivity index (χ4n) is 4.01. The highest BCUT2D eigenvalue weighted by molar-refractivity contribution is 7.91. The number of nitrogens with zero attached hydrogens (tertiary/aromatic N) is 1. The fraction of sp³-hybridized carbons (Fsp3) is 0.696. The van der Waals surface area contributed by atoms with E-state index in [2.05, 4.69) is 22.6 Å². The Morgan fingerprint density at radius 1 is 1.13 bits per heavy atom. The molecule has 2 rings (SSSR count). The van der Waals surface area contributed by atoms with Gasteiger partial charge in [0.1, 0.15) is 5.60 Å². The van der Waals surface area contributed by atoms with Crippen LogP contribution in [0.5, 0.6) is 0 Å². The Hall–Kier alpha value is -1.96. The lowest BCUT2D eigenvalue weighted by Gasteiger charge is -2.23. The first kappa shape index (κ1) is 25.3. The Bertz CT molecular complexity index is 876. The molecule has 2 N–H and O–H groups in total. The predicted molar refractivity (Wildman–Crippen MR) is 127 cm³/mol. The van der Waals surface area contributed by atoms with Crippen LogP contribution >= 0.6 is 0 Å². The Balaban J connectivity index is 2.05. The van der Waals surface area contributed by atoms with Gasteiger partial charge in [0.2, 0.25) is 0 Å². The molecular weight excluding hydrogens is 414 g/mol. The van der Waals surface area contributed by atoms with E-state index >= 15 is 0 Å². The quantitative estimate of drug-likeness (QED) is 0.475. The van der Waals surface area contributed by atoms with Crippen molar-refractivity contribution in [2.45, 2.75) is 92.1 Å². The van der Waals surface area contributed by atoms with Crippen LogP contribution in [0.4, 0.5) is 16.2 Å². The van der Waals surface area contributed by atoms with E-state index in [1.54, 1.807) is 20.8 Å². The van der Waals surface area contributed by atoms with Crippen LogP contribution in [0.25, 0.3) is 0 Å². The first-order valence-corrected chi connectivity index (χ1v) is 12.8. The van der Waals surface area contributed by atoms with Crippen LogP contribution < -0.4 is 14.3 Å². The van der Waals surface area contributed by atoms with Gasteiger partial charge in [0, 0.05) is 18.8 Å². The molecule has 0 spiro atoms. The Kier molecular flexibility index (Phi) is 8.63. The second-order valence-corrected chi connectivity index (χ2v) is 10.8. The summed E-state index contributed by atoms with van der Waals surface area (Å²) in [4.78, 5) is 14.3. The summed E-state index contributed by atoms with van der Waals surface area (Å²) in [5.41, 5.74) is 3.86. The molecule has 0 fully saturated rings. The number of rotatable bonds is 10. The van der Waals surface area contributed by atoms with Crippen molar-refractivity contribution >= 4 is 27.7 Å². The average Bonchev–Trinajstić information content (AvgIpc) is 3.02. The third-order valence-corrected chi connectivity index (χ3v) is 6.40. The summed E-state index contributed by atoms with van der Waals surface area (Å²) in [5, 5.41) is 0. The molecule has 1 aliphatic heterocycles. The number of carbonyl (C=O) groups excluding carboxylic acids is 1. The van der Waals surface area contributed by atoms with Gasteiger partial charge in [0.25, 0.3) is 0 Å². The first-order valence-electron chi connectivity index (χ1n) is 11.3. The molecule has 0 aliphatic carbocycles. The molecule has 0 aromatic heterocycles. The van der Waals surface area contributed by atoms with Gasteiger partial charge in [-0.3, -0.25) is 4.72 Å². The maximum atomic E-state index is 12.5. The third kappa shape index (κ3) is 7.59. The van der Waals surface area contributed by atoms with Crippen LogP contribution in [0.1, 0.15) is 82.9 Å². The number of benzene rings is 1. The molecule has 1 amide bonds. The number of nitrogens with one attached hydrogen (secondary N) is 2. The predicted octanol–water partition coefficient (Wildman–Crippen LogP) is 5.21. The molecule has 1 aromatic rings. The zero-order chi connectivity index (χ0) is 23.2. The maximum Gasteiger partial charge on any atom is 0.422 e. The molecule has 0 unspecified atom stereocenters. The minimum atomic E-state index is -4.10. The molecule has 1 heterocycles. The summed E-state index contributed by atoms with van der Waals surface area (Å²) in [6.45, 7) is 13.1. The van der Waals surface area contributed by atoms with E-state index in [0.717, 1.165) is 30.6 Å². The SMILES string of the molecule is CCCCCCCCN1CCc2c1cc(C)c(NS(=O)(=O)NC(=O)OC(C)(C)C)c2C. The van der Waals surface area contributed by atoms with Crippen molar-refractivity contribution in [1.29, 1.82) is 0 Å². The van der Waals surface area contributed by atoms with Gasteiger partial charge in [-0.05, 0) is 70.2 Å². The van der Waals surface area contributed by atoms with Crippen molar-refractivity contribution in [3.8, 4) is 0 Å². The zero-order valence-corrected chi connectivity index (χ0v) is 20.7. The number of ether oxygens (including phenoxy) is 1. The van der Waals surface area contributed by atoms with E-state index in [-0.39, 0.29) is 0 Å². The highest BCUT2D eigenvalue weighted by Gasteiger charge is 2.26. The normalized spacial score (nSPS) is 13.8. The molecule has 0 saturated heterocycles. The second kappa shape index (κ2) is 10.6. The molecule has 0 saturated carbocycles. The average molecular weight is 454 g/mol. The Morgan fingerprint density at radius 2 is 1.77 bits per heavy atom. The van der Waals surface area contributed by atoms with Gasteiger partial charge in [-0.2, -0.15) is 8.42 Å². The summed E-state index contributed by atoms with van der Waals surface area (Å²) in [6.07, 6.45) is 7.49. The number of anilines is 2. The van der Waals surface area contributed by atoms with Crippen LogP contribution in [-0.2, 0) is 21.4 Å². The smallest absolute Gasteiger partial charge is 0.422 e. The second-order valence-electron chi connectivity index (χ2n) is 9.41. The van der Waals surface area contributed by atoms with Crippen LogP contribution in [-0.4, -0.2) is 33.2 Å². The van der Waals surface area contributed by atoms with E-state index < -0.39 is 21.9 Å². The van der Waals surface area contributed by atoms with E-state index in [0.29, 0.717) is 5.69 Å². The number of aryl methyl sites for hydroxylation is 1. The molecule has 1 aromatic carbocycles. The van der Waals surface area contributed by atoms with Gasteiger partial charge in [0.05, 0.1) is 5.69 Å².